The average molecular weight is 439 g/mol. The fourth-order valence-corrected chi connectivity index (χ4v) is 5.03. The maximum atomic E-state index is 12.8. The van der Waals surface area contributed by atoms with Gasteiger partial charge >= 0.3 is 0 Å². The van der Waals surface area contributed by atoms with Crippen molar-refractivity contribution >= 4 is 5.91 Å². The van der Waals surface area contributed by atoms with Gasteiger partial charge in [0.05, 0.1) is 17.4 Å². The van der Waals surface area contributed by atoms with Crippen molar-refractivity contribution in [1.82, 2.24) is 20.0 Å². The molecule has 1 aliphatic heterocycles. The minimum absolute atomic E-state index is 0.0577. The molecule has 32 heavy (non-hydrogen) atoms. The van der Waals surface area contributed by atoms with E-state index in [9.17, 15) is 4.79 Å². The second-order valence-electron chi connectivity index (χ2n) is 9.85. The van der Waals surface area contributed by atoms with Gasteiger partial charge in [-0.1, -0.05) is 25.0 Å². The van der Waals surface area contributed by atoms with E-state index in [4.69, 9.17) is 4.74 Å². The molecule has 2 heterocycles. The molecule has 0 bridgehead atoms. The number of carbonyl (C=O) groups excluding carboxylic acids is 1. The van der Waals surface area contributed by atoms with Crippen molar-refractivity contribution < 1.29 is 9.53 Å². The van der Waals surface area contributed by atoms with Gasteiger partial charge in [0.2, 0.25) is 0 Å². The monoisotopic (exact) mass is 438 g/mol. The molecule has 6 nitrogen and oxygen atoms in total. The average Bonchev–Trinajstić information content (AvgIpc) is 3.40. The van der Waals surface area contributed by atoms with Crippen LogP contribution in [0.25, 0.3) is 0 Å². The number of benzene rings is 1. The van der Waals surface area contributed by atoms with Gasteiger partial charge < -0.3 is 10.1 Å². The zero-order valence-corrected chi connectivity index (χ0v) is 19.8. The first-order chi connectivity index (χ1) is 15.5. The van der Waals surface area contributed by atoms with Gasteiger partial charge in [-0.15, -0.1) is 0 Å². The van der Waals surface area contributed by atoms with E-state index in [1.165, 1.54) is 18.4 Å². The maximum absolute atomic E-state index is 12.8. The van der Waals surface area contributed by atoms with E-state index < -0.39 is 0 Å². The summed E-state index contributed by atoms with van der Waals surface area (Å²) >= 11 is 0. The third-order valence-electron chi connectivity index (χ3n) is 6.73. The number of aromatic nitrogens is 2. The number of amides is 1. The van der Waals surface area contributed by atoms with Crippen LogP contribution in [0.15, 0.2) is 30.5 Å². The summed E-state index contributed by atoms with van der Waals surface area (Å²) in [6.07, 6.45) is 9.93. The van der Waals surface area contributed by atoms with Crippen LogP contribution in [0.5, 0.6) is 5.75 Å². The Balaban J connectivity index is 1.27. The Morgan fingerprint density at radius 1 is 1.12 bits per heavy atom. The standard InChI is InChI=1S/C26H38N4O2/c1-19(2)32-23-10-8-21(9-11-23)17-30-14-12-20(13-15-30)16-25-24(18-29(3)28-25)26(31)27-22-6-4-5-7-22/h8-11,18-20,22H,4-7,12-17H2,1-3H3,(H,27,31). The van der Waals surface area contributed by atoms with Gasteiger partial charge in [-0.2, -0.15) is 5.10 Å². The summed E-state index contributed by atoms with van der Waals surface area (Å²) in [5.74, 6) is 1.58. The molecule has 0 radical (unpaired) electrons. The maximum Gasteiger partial charge on any atom is 0.254 e. The Labute approximate surface area is 192 Å². The van der Waals surface area contributed by atoms with E-state index >= 15 is 0 Å². The second kappa shape index (κ2) is 10.5. The summed E-state index contributed by atoms with van der Waals surface area (Å²) in [6.45, 7) is 7.26. The van der Waals surface area contributed by atoms with Gasteiger partial charge in [0, 0.05) is 25.8 Å². The lowest BCUT2D eigenvalue weighted by Gasteiger charge is -2.32. The van der Waals surface area contributed by atoms with Gasteiger partial charge in [-0.3, -0.25) is 14.4 Å². The quantitative estimate of drug-likeness (QED) is 0.666. The molecule has 1 saturated heterocycles. The number of rotatable bonds is 8. The zero-order chi connectivity index (χ0) is 22.5. The Morgan fingerprint density at radius 3 is 2.47 bits per heavy atom. The van der Waals surface area contributed by atoms with Crippen molar-refractivity contribution in [2.75, 3.05) is 13.1 Å². The highest BCUT2D eigenvalue weighted by Gasteiger charge is 2.25. The van der Waals surface area contributed by atoms with Crippen molar-refractivity contribution in [3.8, 4) is 5.75 Å². The zero-order valence-electron chi connectivity index (χ0n) is 19.8. The lowest BCUT2D eigenvalue weighted by molar-refractivity contribution is 0.0936. The van der Waals surface area contributed by atoms with E-state index in [1.54, 1.807) is 4.68 Å². The molecule has 2 aromatic rings. The number of carbonyl (C=O) groups is 1. The molecule has 1 N–H and O–H groups in total. The molecule has 0 atom stereocenters. The fraction of sp³-hybridized carbons (Fsp3) is 0.615. The number of piperidine rings is 1. The highest BCUT2D eigenvalue weighted by Crippen LogP contribution is 2.25. The number of nitrogens with one attached hydrogen (secondary N) is 1. The van der Waals surface area contributed by atoms with Crippen LogP contribution in [0.2, 0.25) is 0 Å². The first-order valence-corrected chi connectivity index (χ1v) is 12.3. The Morgan fingerprint density at radius 2 is 1.81 bits per heavy atom. The van der Waals surface area contributed by atoms with Crippen molar-refractivity contribution in [2.24, 2.45) is 13.0 Å². The van der Waals surface area contributed by atoms with Gasteiger partial charge in [0.15, 0.2) is 0 Å². The molecule has 1 amide bonds. The van der Waals surface area contributed by atoms with Gasteiger partial charge in [-0.25, -0.2) is 0 Å². The molecule has 4 rings (SSSR count). The van der Waals surface area contributed by atoms with E-state index in [-0.39, 0.29) is 12.0 Å². The van der Waals surface area contributed by atoms with Crippen molar-refractivity contribution in [3.63, 3.8) is 0 Å². The molecule has 0 unspecified atom stereocenters. The molecule has 1 saturated carbocycles. The Kier molecular flexibility index (Phi) is 7.51. The molecule has 2 aliphatic rings. The molecule has 6 heteroatoms. The fourth-order valence-electron chi connectivity index (χ4n) is 5.03. The molecule has 2 fully saturated rings. The first-order valence-electron chi connectivity index (χ1n) is 12.3. The third kappa shape index (κ3) is 6.12. The molecule has 174 valence electrons. The molecule has 1 aliphatic carbocycles. The van der Waals surface area contributed by atoms with Crippen molar-refractivity contribution in [2.45, 2.75) is 77.5 Å². The van der Waals surface area contributed by atoms with Gasteiger partial charge in [0.25, 0.3) is 5.91 Å². The first kappa shape index (κ1) is 22.8. The highest BCUT2D eigenvalue weighted by molar-refractivity contribution is 5.95. The van der Waals surface area contributed by atoms with E-state index in [2.05, 4.69) is 39.6 Å². The van der Waals surface area contributed by atoms with Crippen LogP contribution in [-0.2, 0) is 20.0 Å². The highest BCUT2D eigenvalue weighted by atomic mass is 16.5. The topological polar surface area (TPSA) is 59.4 Å². The van der Waals surface area contributed by atoms with E-state index in [0.717, 1.165) is 68.7 Å². The second-order valence-corrected chi connectivity index (χ2v) is 9.85. The number of nitrogens with zero attached hydrogens (tertiary/aromatic N) is 3. The predicted molar refractivity (Wildman–Crippen MR) is 127 cm³/mol. The summed E-state index contributed by atoms with van der Waals surface area (Å²) in [5, 5.41) is 7.87. The van der Waals surface area contributed by atoms with Crippen molar-refractivity contribution in [1.29, 1.82) is 0 Å². The number of likely N-dealkylation sites (tertiary alicyclic amines) is 1. The van der Waals surface area contributed by atoms with Gasteiger partial charge in [0.1, 0.15) is 5.75 Å². The minimum atomic E-state index is 0.0577. The number of hydrogen-bond acceptors (Lipinski definition) is 4. The summed E-state index contributed by atoms with van der Waals surface area (Å²) in [4.78, 5) is 15.4. The molecule has 0 spiro atoms. The third-order valence-corrected chi connectivity index (χ3v) is 6.73. The number of aryl methyl sites for hydroxylation is 1. The summed E-state index contributed by atoms with van der Waals surface area (Å²) < 4.78 is 7.54. The predicted octanol–water partition coefficient (Wildman–Crippen LogP) is 4.33. The van der Waals surface area contributed by atoms with Crippen LogP contribution in [0.4, 0.5) is 0 Å². The van der Waals surface area contributed by atoms with Crippen molar-refractivity contribution in [3.05, 3.63) is 47.3 Å². The minimum Gasteiger partial charge on any atom is -0.491 e. The van der Waals surface area contributed by atoms with E-state index in [0.29, 0.717) is 12.0 Å². The van der Waals surface area contributed by atoms with Crippen LogP contribution in [0.1, 0.15) is 74.0 Å². The summed E-state index contributed by atoms with van der Waals surface area (Å²) in [7, 11) is 1.91. The Bertz CT molecular complexity index is 876. The molecule has 1 aromatic heterocycles. The van der Waals surface area contributed by atoms with Crippen LogP contribution >= 0.6 is 0 Å². The SMILES string of the molecule is CC(C)Oc1ccc(CN2CCC(Cc3nn(C)cc3C(=O)NC3CCCC3)CC2)cc1. The smallest absolute Gasteiger partial charge is 0.254 e. The van der Waals surface area contributed by atoms with Crippen LogP contribution < -0.4 is 10.1 Å². The molecular formula is C26H38N4O2. The van der Waals surface area contributed by atoms with Crippen LogP contribution in [0, 0.1) is 5.92 Å². The van der Waals surface area contributed by atoms with Gasteiger partial charge in [-0.05, 0) is 82.7 Å². The normalized spacial score (nSPS) is 18.4. The van der Waals surface area contributed by atoms with Crippen LogP contribution in [0.3, 0.4) is 0 Å². The summed E-state index contributed by atoms with van der Waals surface area (Å²) in [6, 6.07) is 8.83. The number of hydrogen-bond donors (Lipinski definition) is 1. The van der Waals surface area contributed by atoms with E-state index in [1.807, 2.05) is 27.1 Å². The Hall–Kier alpha value is -2.34. The lowest BCUT2D eigenvalue weighted by Crippen LogP contribution is -2.35. The molecule has 1 aromatic carbocycles. The number of ether oxygens (including phenoxy) is 1. The molecular weight excluding hydrogens is 400 g/mol. The summed E-state index contributed by atoms with van der Waals surface area (Å²) in [5.41, 5.74) is 3.06. The largest absolute Gasteiger partial charge is 0.491 e. The lowest BCUT2D eigenvalue weighted by atomic mass is 9.91. The van der Waals surface area contributed by atoms with Crippen LogP contribution in [-0.4, -0.2) is 45.8 Å².